The third kappa shape index (κ3) is 4.97. The van der Waals surface area contributed by atoms with E-state index in [4.69, 9.17) is 4.74 Å². The number of esters is 1. The number of ether oxygens (including phenoxy) is 1. The van der Waals surface area contributed by atoms with Gasteiger partial charge in [0.1, 0.15) is 6.04 Å². The number of nitrogens with zero attached hydrogens (tertiary/aromatic N) is 1. The summed E-state index contributed by atoms with van der Waals surface area (Å²) >= 11 is 0. The zero-order chi connectivity index (χ0) is 15.1. The lowest BCUT2D eigenvalue weighted by molar-refractivity contribution is -0.150. The summed E-state index contributed by atoms with van der Waals surface area (Å²) in [7, 11) is 0. The van der Waals surface area contributed by atoms with Gasteiger partial charge in [-0.3, -0.25) is 14.5 Å². The molecule has 1 amide bonds. The molecule has 21 heavy (non-hydrogen) atoms. The van der Waals surface area contributed by atoms with E-state index in [0.29, 0.717) is 25.7 Å². The fourth-order valence-electron chi connectivity index (χ4n) is 3.11. The molecule has 2 fully saturated rings. The second kappa shape index (κ2) is 8.34. The van der Waals surface area contributed by atoms with Gasteiger partial charge in [-0.15, -0.1) is 0 Å². The minimum absolute atomic E-state index is 0.0260. The highest BCUT2D eigenvalue weighted by atomic mass is 16.5. The molecule has 1 unspecified atom stereocenters. The molecule has 6 nitrogen and oxygen atoms in total. The molecule has 120 valence electrons. The Balaban J connectivity index is 1.83. The van der Waals surface area contributed by atoms with E-state index in [1.54, 1.807) is 6.92 Å². The van der Waals surface area contributed by atoms with Crippen molar-refractivity contribution < 1.29 is 14.3 Å². The Hall–Kier alpha value is -1.14. The van der Waals surface area contributed by atoms with Crippen molar-refractivity contribution in [2.24, 2.45) is 0 Å². The van der Waals surface area contributed by atoms with Crippen molar-refractivity contribution in [1.82, 2.24) is 15.5 Å². The number of carbonyl (C=O) groups excluding carboxylic acids is 2. The molecular weight excluding hydrogens is 270 g/mol. The molecule has 1 aliphatic carbocycles. The van der Waals surface area contributed by atoms with E-state index in [9.17, 15) is 9.59 Å². The molecular formula is C15H27N3O3. The molecule has 1 saturated heterocycles. The number of rotatable bonds is 5. The summed E-state index contributed by atoms with van der Waals surface area (Å²) in [4.78, 5) is 26.0. The molecule has 0 aromatic heterocycles. The monoisotopic (exact) mass is 297 g/mol. The highest BCUT2D eigenvalue weighted by Crippen LogP contribution is 2.17. The van der Waals surface area contributed by atoms with E-state index in [2.05, 4.69) is 10.6 Å². The molecule has 1 aliphatic heterocycles. The van der Waals surface area contributed by atoms with Gasteiger partial charge in [0.2, 0.25) is 5.91 Å². The molecule has 0 spiro atoms. The van der Waals surface area contributed by atoms with Gasteiger partial charge < -0.3 is 15.4 Å². The maximum Gasteiger partial charge on any atom is 0.324 e. The zero-order valence-electron chi connectivity index (χ0n) is 12.9. The summed E-state index contributed by atoms with van der Waals surface area (Å²) in [6, 6.07) is -0.0361. The van der Waals surface area contributed by atoms with Crippen LogP contribution in [0.15, 0.2) is 0 Å². The van der Waals surface area contributed by atoms with E-state index in [-0.39, 0.29) is 24.5 Å². The molecule has 2 rings (SSSR count). The second-order valence-corrected chi connectivity index (χ2v) is 5.84. The average Bonchev–Trinajstić information content (AvgIpc) is 2.49. The minimum Gasteiger partial charge on any atom is -0.465 e. The first-order valence-electron chi connectivity index (χ1n) is 8.11. The smallest absolute Gasteiger partial charge is 0.324 e. The average molecular weight is 297 g/mol. The standard InChI is InChI=1S/C15H27N3O3/c1-2-21-15(20)13-10-16-8-9-18(13)11-14(19)17-12-6-4-3-5-7-12/h12-13,16H,2-11H2,1H3,(H,17,19). The van der Waals surface area contributed by atoms with E-state index in [1.807, 2.05) is 4.90 Å². The molecule has 0 bridgehead atoms. The Morgan fingerprint density at radius 2 is 2.05 bits per heavy atom. The fraction of sp³-hybridized carbons (Fsp3) is 0.867. The molecule has 1 saturated carbocycles. The molecule has 1 atom stereocenters. The Morgan fingerprint density at radius 1 is 1.29 bits per heavy atom. The molecule has 0 aromatic rings. The van der Waals surface area contributed by atoms with Crippen molar-refractivity contribution in [2.45, 2.75) is 51.1 Å². The number of amides is 1. The van der Waals surface area contributed by atoms with E-state index >= 15 is 0 Å². The minimum atomic E-state index is -0.351. The lowest BCUT2D eigenvalue weighted by Crippen LogP contribution is -2.58. The van der Waals surface area contributed by atoms with Crippen molar-refractivity contribution in [1.29, 1.82) is 0 Å². The van der Waals surface area contributed by atoms with Gasteiger partial charge in [-0.25, -0.2) is 0 Å². The fourth-order valence-corrected chi connectivity index (χ4v) is 3.11. The van der Waals surface area contributed by atoms with Crippen molar-refractivity contribution in [3.05, 3.63) is 0 Å². The van der Waals surface area contributed by atoms with Gasteiger partial charge in [-0.05, 0) is 19.8 Å². The summed E-state index contributed by atoms with van der Waals surface area (Å²) in [5.74, 6) is -0.215. The van der Waals surface area contributed by atoms with Crippen molar-refractivity contribution in [3.8, 4) is 0 Å². The van der Waals surface area contributed by atoms with Gasteiger partial charge >= 0.3 is 5.97 Å². The van der Waals surface area contributed by atoms with E-state index < -0.39 is 0 Å². The van der Waals surface area contributed by atoms with Crippen LogP contribution in [0.5, 0.6) is 0 Å². The number of hydrogen-bond donors (Lipinski definition) is 2. The van der Waals surface area contributed by atoms with Crippen LogP contribution in [-0.2, 0) is 14.3 Å². The first-order valence-corrected chi connectivity index (χ1v) is 8.11. The van der Waals surface area contributed by atoms with Gasteiger partial charge in [-0.2, -0.15) is 0 Å². The van der Waals surface area contributed by atoms with E-state index in [0.717, 1.165) is 19.4 Å². The Morgan fingerprint density at radius 3 is 2.76 bits per heavy atom. The second-order valence-electron chi connectivity index (χ2n) is 5.84. The van der Waals surface area contributed by atoms with Crippen LogP contribution >= 0.6 is 0 Å². The number of nitrogens with one attached hydrogen (secondary N) is 2. The molecule has 0 aromatic carbocycles. The highest BCUT2D eigenvalue weighted by molar-refractivity contribution is 5.81. The summed E-state index contributed by atoms with van der Waals surface area (Å²) in [6.07, 6.45) is 5.83. The van der Waals surface area contributed by atoms with Crippen LogP contribution in [0.1, 0.15) is 39.0 Å². The molecule has 0 radical (unpaired) electrons. The van der Waals surface area contributed by atoms with Gasteiger partial charge in [0.25, 0.3) is 0 Å². The summed E-state index contributed by atoms with van der Waals surface area (Å²) in [5.41, 5.74) is 0. The number of carbonyl (C=O) groups is 2. The quantitative estimate of drug-likeness (QED) is 0.713. The lowest BCUT2D eigenvalue weighted by Gasteiger charge is -2.34. The van der Waals surface area contributed by atoms with Crippen molar-refractivity contribution in [2.75, 3.05) is 32.8 Å². The van der Waals surface area contributed by atoms with Crippen molar-refractivity contribution >= 4 is 11.9 Å². The van der Waals surface area contributed by atoms with Crippen LogP contribution in [0.4, 0.5) is 0 Å². The summed E-state index contributed by atoms with van der Waals surface area (Å²) in [5, 5.41) is 6.29. The highest BCUT2D eigenvalue weighted by Gasteiger charge is 2.31. The van der Waals surface area contributed by atoms with Crippen LogP contribution in [0.3, 0.4) is 0 Å². The van der Waals surface area contributed by atoms with Crippen LogP contribution in [-0.4, -0.2) is 61.6 Å². The van der Waals surface area contributed by atoms with Gasteiger partial charge in [-0.1, -0.05) is 19.3 Å². The zero-order valence-corrected chi connectivity index (χ0v) is 12.9. The first-order chi connectivity index (χ1) is 10.2. The topological polar surface area (TPSA) is 70.7 Å². The molecule has 6 heteroatoms. The Labute approximate surface area is 126 Å². The summed E-state index contributed by atoms with van der Waals surface area (Å²) < 4.78 is 5.09. The predicted molar refractivity (Wildman–Crippen MR) is 79.9 cm³/mol. The van der Waals surface area contributed by atoms with Crippen LogP contribution in [0, 0.1) is 0 Å². The van der Waals surface area contributed by atoms with Crippen LogP contribution in [0.25, 0.3) is 0 Å². The maximum absolute atomic E-state index is 12.2. The molecule has 1 heterocycles. The molecule has 2 N–H and O–H groups in total. The summed E-state index contributed by atoms with van der Waals surface area (Å²) in [6.45, 7) is 4.50. The Kier molecular flexibility index (Phi) is 6.45. The number of piperazine rings is 1. The molecule has 2 aliphatic rings. The Bertz CT molecular complexity index is 356. The van der Waals surface area contributed by atoms with Crippen LogP contribution < -0.4 is 10.6 Å². The van der Waals surface area contributed by atoms with Gasteiger partial charge in [0.15, 0.2) is 0 Å². The lowest BCUT2D eigenvalue weighted by atomic mass is 9.95. The van der Waals surface area contributed by atoms with Gasteiger partial charge in [0, 0.05) is 25.7 Å². The third-order valence-electron chi connectivity index (χ3n) is 4.23. The normalized spacial score (nSPS) is 24.5. The maximum atomic E-state index is 12.2. The largest absolute Gasteiger partial charge is 0.465 e. The van der Waals surface area contributed by atoms with E-state index in [1.165, 1.54) is 19.3 Å². The van der Waals surface area contributed by atoms with Gasteiger partial charge in [0.05, 0.1) is 13.2 Å². The van der Waals surface area contributed by atoms with Crippen LogP contribution in [0.2, 0.25) is 0 Å². The first kappa shape index (κ1) is 16.2. The predicted octanol–water partition coefficient (Wildman–Crippen LogP) is 0.272. The SMILES string of the molecule is CCOC(=O)C1CNCCN1CC(=O)NC1CCCCC1. The van der Waals surface area contributed by atoms with Crippen molar-refractivity contribution in [3.63, 3.8) is 0 Å². The third-order valence-corrected chi connectivity index (χ3v) is 4.23. The number of hydrogen-bond acceptors (Lipinski definition) is 5.